The fourth-order valence-electron chi connectivity index (χ4n) is 3.05. The van der Waals surface area contributed by atoms with Gasteiger partial charge < -0.3 is 15.4 Å². The number of morpholine rings is 1. The van der Waals surface area contributed by atoms with Gasteiger partial charge >= 0.3 is 0 Å². The molecule has 1 atom stereocenters. The van der Waals surface area contributed by atoms with Crippen molar-refractivity contribution in [2.24, 2.45) is 0 Å². The molecule has 3 rings (SSSR count). The number of hydrogen-bond acceptors (Lipinski definition) is 5. The largest absolute Gasteiger partial charge is 0.379 e. The molecule has 1 aromatic heterocycles. The lowest BCUT2D eigenvalue weighted by atomic mass is 10.1. The molecule has 1 aliphatic rings. The monoisotopic (exact) mass is 382 g/mol. The lowest BCUT2D eigenvalue weighted by Gasteiger charge is -2.26. The molecular formula is C21H26N4O3. The molecule has 1 fully saturated rings. The van der Waals surface area contributed by atoms with Crippen molar-refractivity contribution in [2.75, 3.05) is 39.4 Å². The first kappa shape index (κ1) is 20.0. The van der Waals surface area contributed by atoms with Crippen molar-refractivity contribution in [3.05, 3.63) is 65.5 Å². The van der Waals surface area contributed by atoms with Crippen LogP contribution in [0.5, 0.6) is 0 Å². The van der Waals surface area contributed by atoms with E-state index in [2.05, 4.69) is 20.5 Å². The van der Waals surface area contributed by atoms with Crippen LogP contribution in [0.25, 0.3) is 0 Å². The van der Waals surface area contributed by atoms with Gasteiger partial charge in [-0.25, -0.2) is 0 Å². The molecule has 0 spiro atoms. The highest BCUT2D eigenvalue weighted by Gasteiger charge is 2.15. The third kappa shape index (κ3) is 5.61. The zero-order valence-electron chi connectivity index (χ0n) is 16.1. The smallest absolute Gasteiger partial charge is 0.270 e. The van der Waals surface area contributed by atoms with Crippen LogP contribution in [0.1, 0.15) is 39.4 Å². The summed E-state index contributed by atoms with van der Waals surface area (Å²) in [6.45, 7) is 6.48. The normalized spacial score (nSPS) is 15.6. The maximum Gasteiger partial charge on any atom is 0.270 e. The second-order valence-electron chi connectivity index (χ2n) is 6.75. The van der Waals surface area contributed by atoms with E-state index in [1.165, 1.54) is 12.3 Å². The molecule has 0 aliphatic carbocycles. The van der Waals surface area contributed by atoms with E-state index in [-0.39, 0.29) is 23.6 Å². The number of aromatic nitrogens is 1. The van der Waals surface area contributed by atoms with Crippen LogP contribution < -0.4 is 10.6 Å². The topological polar surface area (TPSA) is 83.6 Å². The minimum Gasteiger partial charge on any atom is -0.379 e. The third-order valence-electron chi connectivity index (χ3n) is 4.72. The van der Waals surface area contributed by atoms with Gasteiger partial charge in [0.2, 0.25) is 0 Å². The van der Waals surface area contributed by atoms with E-state index >= 15 is 0 Å². The Morgan fingerprint density at radius 3 is 2.64 bits per heavy atom. The van der Waals surface area contributed by atoms with Gasteiger partial charge in [-0.15, -0.1) is 0 Å². The van der Waals surface area contributed by atoms with Crippen LogP contribution in [0.3, 0.4) is 0 Å². The van der Waals surface area contributed by atoms with Crippen molar-refractivity contribution < 1.29 is 14.3 Å². The molecule has 1 unspecified atom stereocenters. The van der Waals surface area contributed by atoms with Gasteiger partial charge in [0.05, 0.1) is 19.3 Å². The molecule has 2 amide bonds. The Bertz CT molecular complexity index is 791. The average Bonchev–Trinajstić information content (AvgIpc) is 2.75. The SMILES string of the molecule is CC(NC(=O)c1cc(C(=O)NCCN2CCOCC2)ccn1)c1ccccc1. The number of amides is 2. The Morgan fingerprint density at radius 1 is 1.14 bits per heavy atom. The Labute approximate surface area is 165 Å². The number of nitrogens with zero attached hydrogens (tertiary/aromatic N) is 2. The maximum atomic E-state index is 12.5. The van der Waals surface area contributed by atoms with E-state index in [0.717, 1.165) is 38.4 Å². The Kier molecular flexibility index (Phi) is 7.11. The highest BCUT2D eigenvalue weighted by molar-refractivity contribution is 5.98. The van der Waals surface area contributed by atoms with Crippen LogP contribution in [0.15, 0.2) is 48.7 Å². The standard InChI is InChI=1S/C21H26N4O3/c1-16(17-5-3-2-4-6-17)24-21(27)19-15-18(7-8-22-19)20(26)23-9-10-25-11-13-28-14-12-25/h2-8,15-16H,9-14H2,1H3,(H,23,26)(H,24,27). The van der Waals surface area contributed by atoms with Crippen LogP contribution in [0, 0.1) is 0 Å². The summed E-state index contributed by atoms with van der Waals surface area (Å²) in [7, 11) is 0. The summed E-state index contributed by atoms with van der Waals surface area (Å²) >= 11 is 0. The molecule has 2 N–H and O–H groups in total. The van der Waals surface area contributed by atoms with Crippen molar-refractivity contribution in [1.29, 1.82) is 0 Å². The van der Waals surface area contributed by atoms with Gasteiger partial charge in [-0.05, 0) is 24.6 Å². The molecule has 7 nitrogen and oxygen atoms in total. The van der Waals surface area contributed by atoms with Crippen molar-refractivity contribution in [1.82, 2.24) is 20.5 Å². The molecule has 2 aromatic rings. The number of nitrogens with one attached hydrogen (secondary N) is 2. The van der Waals surface area contributed by atoms with Crippen LogP contribution >= 0.6 is 0 Å². The molecule has 1 aliphatic heterocycles. The molecule has 0 saturated carbocycles. The zero-order chi connectivity index (χ0) is 19.8. The van der Waals surface area contributed by atoms with Gasteiger partial charge in [0, 0.05) is 37.9 Å². The van der Waals surface area contributed by atoms with Crippen LogP contribution in [-0.4, -0.2) is 61.1 Å². The van der Waals surface area contributed by atoms with E-state index in [1.54, 1.807) is 6.07 Å². The van der Waals surface area contributed by atoms with Crippen molar-refractivity contribution >= 4 is 11.8 Å². The summed E-state index contributed by atoms with van der Waals surface area (Å²) in [6.07, 6.45) is 1.49. The molecular weight excluding hydrogens is 356 g/mol. The number of rotatable bonds is 7. The summed E-state index contributed by atoms with van der Waals surface area (Å²) in [5, 5.41) is 5.81. The van der Waals surface area contributed by atoms with Crippen molar-refractivity contribution in [3.63, 3.8) is 0 Å². The van der Waals surface area contributed by atoms with Crippen LogP contribution in [0.2, 0.25) is 0 Å². The first-order valence-electron chi connectivity index (χ1n) is 9.53. The number of carbonyl (C=O) groups excluding carboxylic acids is 2. The lowest BCUT2D eigenvalue weighted by Crippen LogP contribution is -2.41. The fourth-order valence-corrected chi connectivity index (χ4v) is 3.05. The predicted octanol–water partition coefficient (Wildman–Crippen LogP) is 1.63. The zero-order valence-corrected chi connectivity index (χ0v) is 16.1. The predicted molar refractivity (Wildman–Crippen MR) is 106 cm³/mol. The quantitative estimate of drug-likeness (QED) is 0.761. The summed E-state index contributed by atoms with van der Waals surface area (Å²) < 4.78 is 5.31. The average molecular weight is 382 g/mol. The van der Waals surface area contributed by atoms with Crippen LogP contribution in [-0.2, 0) is 4.74 Å². The van der Waals surface area contributed by atoms with Gasteiger partial charge in [-0.1, -0.05) is 30.3 Å². The highest BCUT2D eigenvalue weighted by atomic mass is 16.5. The second-order valence-corrected chi connectivity index (χ2v) is 6.75. The number of hydrogen-bond donors (Lipinski definition) is 2. The Hall–Kier alpha value is -2.77. The molecule has 7 heteroatoms. The molecule has 1 aromatic carbocycles. The summed E-state index contributed by atoms with van der Waals surface area (Å²) in [5.74, 6) is -0.514. The van der Waals surface area contributed by atoms with E-state index in [0.29, 0.717) is 12.1 Å². The fraction of sp³-hybridized carbons (Fsp3) is 0.381. The number of ether oxygens (including phenoxy) is 1. The third-order valence-corrected chi connectivity index (χ3v) is 4.72. The van der Waals surface area contributed by atoms with Gasteiger partial charge in [-0.3, -0.25) is 19.5 Å². The Morgan fingerprint density at radius 2 is 1.89 bits per heavy atom. The summed E-state index contributed by atoms with van der Waals surface area (Å²) in [5.41, 5.74) is 1.66. The Balaban J connectivity index is 1.53. The molecule has 0 radical (unpaired) electrons. The molecule has 148 valence electrons. The number of benzene rings is 1. The molecule has 1 saturated heterocycles. The summed E-state index contributed by atoms with van der Waals surface area (Å²) in [4.78, 5) is 31.2. The van der Waals surface area contributed by atoms with E-state index in [9.17, 15) is 9.59 Å². The van der Waals surface area contributed by atoms with E-state index in [1.807, 2.05) is 37.3 Å². The second kappa shape index (κ2) is 9.96. The molecule has 2 heterocycles. The van der Waals surface area contributed by atoms with Crippen molar-refractivity contribution in [3.8, 4) is 0 Å². The first-order valence-corrected chi connectivity index (χ1v) is 9.53. The van der Waals surface area contributed by atoms with Crippen molar-refractivity contribution in [2.45, 2.75) is 13.0 Å². The van der Waals surface area contributed by atoms with E-state index < -0.39 is 0 Å². The minimum atomic E-state index is -0.306. The molecule has 0 bridgehead atoms. The van der Waals surface area contributed by atoms with E-state index in [4.69, 9.17) is 4.74 Å². The van der Waals surface area contributed by atoms with Gasteiger partial charge in [0.1, 0.15) is 5.69 Å². The number of pyridine rings is 1. The number of carbonyl (C=O) groups is 2. The van der Waals surface area contributed by atoms with Crippen LogP contribution in [0.4, 0.5) is 0 Å². The summed E-state index contributed by atoms with van der Waals surface area (Å²) in [6, 6.07) is 12.7. The maximum absolute atomic E-state index is 12.5. The minimum absolute atomic E-state index is 0.151. The van der Waals surface area contributed by atoms with Gasteiger partial charge in [0.15, 0.2) is 0 Å². The first-order chi connectivity index (χ1) is 13.6. The highest BCUT2D eigenvalue weighted by Crippen LogP contribution is 2.12. The van der Waals surface area contributed by atoms with Gasteiger partial charge in [-0.2, -0.15) is 0 Å². The lowest BCUT2D eigenvalue weighted by molar-refractivity contribution is 0.0383. The van der Waals surface area contributed by atoms with Gasteiger partial charge in [0.25, 0.3) is 11.8 Å². The molecule has 28 heavy (non-hydrogen) atoms.